The number of nitrogens with one attached hydrogen (secondary N) is 2. The molecule has 0 bridgehead atoms. The molecule has 8 heteroatoms. The lowest BCUT2D eigenvalue weighted by Crippen LogP contribution is -2.36. The monoisotopic (exact) mass is 326 g/mol. The normalized spacial score (nSPS) is 17.5. The van der Waals surface area contributed by atoms with E-state index < -0.39 is 0 Å². The smallest absolute Gasteiger partial charge is 0.343 e. The highest BCUT2D eigenvalue weighted by atomic mass is 16.2. The lowest BCUT2D eigenvalue weighted by Gasteiger charge is -2.15. The fourth-order valence-electron chi connectivity index (χ4n) is 3.17. The number of aromatic amines is 1. The summed E-state index contributed by atoms with van der Waals surface area (Å²) in [5.74, 6) is 0.566. The standard InChI is InChI=1S/C16H18N6O2/c1-21-8-6-10-2-4-12(18-14(10)21)15(23)17-11-3-5-13-19-20-16(24)22(13)9-7-11/h2,4,6,8,11H,3,5,7,9H2,1H3,(H,17,23)(H,20,24). The Kier molecular flexibility index (Phi) is 3.44. The van der Waals surface area contributed by atoms with E-state index in [1.54, 1.807) is 10.6 Å². The summed E-state index contributed by atoms with van der Waals surface area (Å²) in [6.07, 6.45) is 4.03. The number of pyridine rings is 1. The highest BCUT2D eigenvalue weighted by molar-refractivity contribution is 5.94. The quantitative estimate of drug-likeness (QED) is 0.720. The summed E-state index contributed by atoms with van der Waals surface area (Å²) in [5, 5.41) is 10.5. The van der Waals surface area contributed by atoms with Crippen molar-refractivity contribution in [2.45, 2.75) is 31.8 Å². The first kappa shape index (κ1) is 14.7. The van der Waals surface area contributed by atoms with Crippen LogP contribution in [0.3, 0.4) is 0 Å². The minimum atomic E-state index is -0.187. The fourth-order valence-corrected chi connectivity index (χ4v) is 3.17. The number of carbonyl (C=O) groups excluding carboxylic acids is 1. The van der Waals surface area contributed by atoms with Gasteiger partial charge >= 0.3 is 5.69 Å². The fraction of sp³-hybridized carbons (Fsp3) is 0.375. The van der Waals surface area contributed by atoms with E-state index in [0.29, 0.717) is 25.1 Å². The third-order valence-electron chi connectivity index (χ3n) is 4.54. The maximum Gasteiger partial charge on any atom is 0.343 e. The van der Waals surface area contributed by atoms with E-state index in [4.69, 9.17) is 0 Å². The molecule has 1 atom stereocenters. The minimum absolute atomic E-state index is 0.00418. The van der Waals surface area contributed by atoms with Crippen molar-refractivity contribution >= 4 is 16.9 Å². The van der Waals surface area contributed by atoms with E-state index in [0.717, 1.165) is 23.3 Å². The van der Waals surface area contributed by atoms with Gasteiger partial charge in [-0.1, -0.05) is 0 Å². The predicted molar refractivity (Wildman–Crippen MR) is 87.8 cm³/mol. The van der Waals surface area contributed by atoms with E-state index in [2.05, 4.69) is 20.5 Å². The molecule has 2 N–H and O–H groups in total. The lowest BCUT2D eigenvalue weighted by atomic mass is 10.1. The average molecular weight is 326 g/mol. The van der Waals surface area contributed by atoms with Crippen LogP contribution >= 0.6 is 0 Å². The van der Waals surface area contributed by atoms with Crippen LogP contribution in [-0.4, -0.2) is 36.3 Å². The summed E-state index contributed by atoms with van der Waals surface area (Å²) < 4.78 is 3.53. The summed E-state index contributed by atoms with van der Waals surface area (Å²) in [6, 6.07) is 5.61. The summed E-state index contributed by atoms with van der Waals surface area (Å²) in [6.45, 7) is 0.555. The van der Waals surface area contributed by atoms with Gasteiger partial charge in [-0.3, -0.25) is 9.36 Å². The Hall–Kier alpha value is -2.90. The molecule has 8 nitrogen and oxygen atoms in total. The van der Waals surface area contributed by atoms with Crippen molar-refractivity contribution in [3.05, 3.63) is 46.4 Å². The highest BCUT2D eigenvalue weighted by Gasteiger charge is 2.21. The van der Waals surface area contributed by atoms with Gasteiger partial charge in [0.2, 0.25) is 0 Å². The number of aromatic nitrogens is 5. The molecule has 0 aromatic carbocycles. The largest absolute Gasteiger partial charge is 0.348 e. The van der Waals surface area contributed by atoms with Gasteiger partial charge in [0.15, 0.2) is 0 Å². The first-order chi connectivity index (χ1) is 11.6. The first-order valence-electron chi connectivity index (χ1n) is 7.99. The lowest BCUT2D eigenvalue weighted by molar-refractivity contribution is 0.0928. The van der Waals surface area contributed by atoms with Crippen LogP contribution < -0.4 is 11.0 Å². The van der Waals surface area contributed by atoms with E-state index >= 15 is 0 Å². The van der Waals surface area contributed by atoms with Gasteiger partial charge in [-0.15, -0.1) is 0 Å². The Morgan fingerprint density at radius 2 is 2.21 bits per heavy atom. The van der Waals surface area contributed by atoms with Gasteiger partial charge in [0.1, 0.15) is 17.2 Å². The Balaban J connectivity index is 1.49. The molecule has 0 saturated heterocycles. The molecule has 1 unspecified atom stereocenters. The molecule has 3 aromatic rings. The molecule has 24 heavy (non-hydrogen) atoms. The molecule has 0 radical (unpaired) electrons. The molecule has 4 heterocycles. The zero-order chi connectivity index (χ0) is 16.7. The van der Waals surface area contributed by atoms with Gasteiger partial charge in [-0.2, -0.15) is 5.10 Å². The van der Waals surface area contributed by atoms with Crippen LogP contribution in [0.5, 0.6) is 0 Å². The van der Waals surface area contributed by atoms with Crippen molar-refractivity contribution in [3.63, 3.8) is 0 Å². The second-order valence-corrected chi connectivity index (χ2v) is 6.13. The van der Waals surface area contributed by atoms with Crippen molar-refractivity contribution < 1.29 is 4.79 Å². The van der Waals surface area contributed by atoms with Gasteiger partial charge < -0.3 is 9.88 Å². The third kappa shape index (κ3) is 2.49. The van der Waals surface area contributed by atoms with Crippen LogP contribution in [0.25, 0.3) is 11.0 Å². The SMILES string of the molecule is Cn1ccc2ccc(C(=O)NC3CCc4n[nH]c(=O)n4CC3)nc21. The number of amides is 1. The Morgan fingerprint density at radius 1 is 1.33 bits per heavy atom. The number of carbonyl (C=O) groups is 1. The number of H-pyrrole nitrogens is 1. The Labute approximate surface area is 137 Å². The molecule has 0 aliphatic carbocycles. The molecule has 1 aliphatic rings. The van der Waals surface area contributed by atoms with Crippen molar-refractivity contribution in [2.75, 3.05) is 0 Å². The van der Waals surface area contributed by atoms with Gasteiger partial charge in [0.25, 0.3) is 5.91 Å². The van der Waals surface area contributed by atoms with E-state index in [9.17, 15) is 9.59 Å². The number of fused-ring (bicyclic) bond motifs is 2. The van der Waals surface area contributed by atoms with Crippen molar-refractivity contribution in [1.82, 2.24) is 29.6 Å². The van der Waals surface area contributed by atoms with E-state index in [-0.39, 0.29) is 17.6 Å². The number of aryl methyl sites for hydroxylation is 2. The van der Waals surface area contributed by atoms with Gasteiger partial charge in [-0.05, 0) is 31.0 Å². The first-order valence-corrected chi connectivity index (χ1v) is 7.99. The predicted octanol–water partition coefficient (Wildman–Crippen LogP) is 0.593. The second-order valence-electron chi connectivity index (χ2n) is 6.13. The summed E-state index contributed by atoms with van der Waals surface area (Å²) >= 11 is 0. The van der Waals surface area contributed by atoms with Gasteiger partial charge in [0, 0.05) is 37.6 Å². The van der Waals surface area contributed by atoms with Crippen molar-refractivity contribution in [1.29, 1.82) is 0 Å². The summed E-state index contributed by atoms with van der Waals surface area (Å²) in [4.78, 5) is 28.6. The molecule has 1 aliphatic heterocycles. The topological polar surface area (TPSA) is 97.6 Å². The molecule has 4 rings (SSSR count). The van der Waals surface area contributed by atoms with Crippen LogP contribution in [-0.2, 0) is 20.0 Å². The van der Waals surface area contributed by atoms with Gasteiger partial charge in [0.05, 0.1) is 0 Å². The van der Waals surface area contributed by atoms with Crippen LogP contribution in [0.1, 0.15) is 29.2 Å². The van der Waals surface area contributed by atoms with Crippen LogP contribution in [0, 0.1) is 0 Å². The van der Waals surface area contributed by atoms with Crippen LogP contribution in [0.15, 0.2) is 29.2 Å². The molecule has 1 amide bonds. The Morgan fingerprint density at radius 3 is 3.08 bits per heavy atom. The summed E-state index contributed by atoms with van der Waals surface area (Å²) in [7, 11) is 1.90. The molecule has 0 fully saturated rings. The zero-order valence-corrected chi connectivity index (χ0v) is 13.3. The minimum Gasteiger partial charge on any atom is -0.348 e. The number of hydrogen-bond donors (Lipinski definition) is 2. The molecule has 3 aromatic heterocycles. The number of nitrogens with zero attached hydrogens (tertiary/aromatic N) is 4. The maximum absolute atomic E-state index is 12.5. The maximum atomic E-state index is 12.5. The Bertz CT molecular complexity index is 967. The molecule has 0 saturated carbocycles. The van der Waals surface area contributed by atoms with Crippen LogP contribution in [0.4, 0.5) is 0 Å². The van der Waals surface area contributed by atoms with E-state index in [1.165, 1.54) is 0 Å². The highest BCUT2D eigenvalue weighted by Crippen LogP contribution is 2.15. The molecular formula is C16H18N6O2. The number of hydrogen-bond acceptors (Lipinski definition) is 4. The summed E-state index contributed by atoms with van der Waals surface area (Å²) in [5.41, 5.74) is 1.01. The average Bonchev–Trinajstić information content (AvgIpc) is 3.05. The second kappa shape index (κ2) is 5.63. The van der Waals surface area contributed by atoms with Crippen LogP contribution in [0.2, 0.25) is 0 Å². The molecule has 0 spiro atoms. The van der Waals surface area contributed by atoms with Gasteiger partial charge in [-0.25, -0.2) is 14.9 Å². The number of rotatable bonds is 2. The van der Waals surface area contributed by atoms with Crippen molar-refractivity contribution in [3.8, 4) is 0 Å². The third-order valence-corrected chi connectivity index (χ3v) is 4.54. The zero-order valence-electron chi connectivity index (χ0n) is 13.3. The molecular weight excluding hydrogens is 308 g/mol. The molecule has 124 valence electrons. The van der Waals surface area contributed by atoms with E-state index in [1.807, 2.05) is 29.9 Å². The van der Waals surface area contributed by atoms with Crippen molar-refractivity contribution in [2.24, 2.45) is 7.05 Å².